The summed E-state index contributed by atoms with van der Waals surface area (Å²) in [6, 6.07) is 7.53. The van der Waals surface area contributed by atoms with Crippen LogP contribution < -0.4 is 0 Å². The summed E-state index contributed by atoms with van der Waals surface area (Å²) in [6.07, 6.45) is 5.54. The third-order valence-corrected chi connectivity index (χ3v) is 6.91. The molecule has 0 unspecified atom stereocenters. The maximum absolute atomic E-state index is 13.5. The van der Waals surface area contributed by atoms with Gasteiger partial charge >= 0.3 is 0 Å². The van der Waals surface area contributed by atoms with E-state index in [-0.39, 0.29) is 5.91 Å². The highest BCUT2D eigenvalue weighted by Crippen LogP contribution is 2.34. The van der Waals surface area contributed by atoms with Crippen LogP contribution in [0.4, 0.5) is 0 Å². The molecule has 1 aliphatic heterocycles. The molecule has 0 bridgehead atoms. The average molecular weight is 508 g/mol. The average Bonchev–Trinajstić information content (AvgIpc) is 3.40. The highest BCUT2D eigenvalue weighted by Gasteiger charge is 2.26. The first-order valence-corrected chi connectivity index (χ1v) is 12.3. The predicted octanol–water partition coefficient (Wildman–Crippen LogP) is 3.21. The van der Waals surface area contributed by atoms with E-state index in [1.165, 1.54) is 0 Å². The van der Waals surface area contributed by atoms with Crippen LogP contribution >= 0.6 is 11.6 Å². The molecule has 5 rings (SSSR count). The van der Waals surface area contributed by atoms with E-state index in [2.05, 4.69) is 20.0 Å². The second-order valence-corrected chi connectivity index (χ2v) is 10.3. The van der Waals surface area contributed by atoms with Crippen LogP contribution in [0.15, 0.2) is 42.9 Å². The Morgan fingerprint density at radius 2 is 1.89 bits per heavy atom. The molecule has 4 heterocycles. The minimum Gasteiger partial charge on any atom is -0.382 e. The predicted molar refractivity (Wildman–Crippen MR) is 139 cm³/mol. The largest absolute Gasteiger partial charge is 0.382 e. The summed E-state index contributed by atoms with van der Waals surface area (Å²) >= 11 is 6.63. The standard InChI is InChI=1S/C26H30ClN7O2/c1-26(2,36)25-28-7-5-22(29-25)20-16-31(3)23-14-21(27)19(13-18(20)23)24(35)34-11-9-33(10-12-34)15-17-6-8-32(4)30-17/h5-8,13-14,16,36H,9-12,15H2,1-4H3. The topological polar surface area (TPSA) is 92.3 Å². The number of halogens is 1. The lowest BCUT2D eigenvalue weighted by Gasteiger charge is -2.34. The minimum absolute atomic E-state index is 0.0749. The second-order valence-electron chi connectivity index (χ2n) is 9.88. The zero-order valence-electron chi connectivity index (χ0n) is 20.9. The Kier molecular flexibility index (Phi) is 6.32. The van der Waals surface area contributed by atoms with Gasteiger partial charge in [0, 0.05) is 81.9 Å². The number of hydrogen-bond donors (Lipinski definition) is 1. The van der Waals surface area contributed by atoms with Gasteiger partial charge in [0.05, 0.1) is 22.0 Å². The van der Waals surface area contributed by atoms with Gasteiger partial charge in [0.25, 0.3) is 5.91 Å². The number of carbonyl (C=O) groups excluding carboxylic acids is 1. The molecule has 1 amide bonds. The lowest BCUT2D eigenvalue weighted by molar-refractivity contribution is 0.0626. The van der Waals surface area contributed by atoms with Gasteiger partial charge in [-0.2, -0.15) is 5.10 Å². The van der Waals surface area contributed by atoms with E-state index in [1.54, 1.807) is 30.8 Å². The van der Waals surface area contributed by atoms with E-state index >= 15 is 0 Å². The van der Waals surface area contributed by atoms with E-state index in [0.717, 1.165) is 41.8 Å². The van der Waals surface area contributed by atoms with E-state index in [0.29, 0.717) is 35.2 Å². The van der Waals surface area contributed by atoms with Gasteiger partial charge in [0.1, 0.15) is 5.60 Å². The SMILES string of the molecule is Cn1ccc(CN2CCN(C(=O)c3cc4c(-c5ccnc(C(C)(C)O)n5)cn(C)c4cc3Cl)CC2)n1. The summed E-state index contributed by atoms with van der Waals surface area (Å²) in [5.41, 5.74) is 2.77. The van der Waals surface area contributed by atoms with Gasteiger partial charge in [-0.05, 0) is 38.1 Å². The third-order valence-electron chi connectivity index (χ3n) is 6.60. The van der Waals surface area contributed by atoms with Crippen LogP contribution in [0.5, 0.6) is 0 Å². The number of fused-ring (bicyclic) bond motifs is 1. The van der Waals surface area contributed by atoms with Gasteiger partial charge in [-0.25, -0.2) is 9.97 Å². The molecule has 1 saturated heterocycles. The van der Waals surface area contributed by atoms with Crippen LogP contribution in [0.1, 0.15) is 35.7 Å². The van der Waals surface area contributed by atoms with E-state index in [9.17, 15) is 9.90 Å². The second kappa shape index (κ2) is 9.31. The van der Waals surface area contributed by atoms with Gasteiger partial charge in [-0.1, -0.05) is 11.6 Å². The summed E-state index contributed by atoms with van der Waals surface area (Å²) in [7, 11) is 3.85. The summed E-state index contributed by atoms with van der Waals surface area (Å²) in [6.45, 7) is 6.89. The Labute approximate surface area is 214 Å². The number of benzene rings is 1. The van der Waals surface area contributed by atoms with Gasteiger partial charge in [0.15, 0.2) is 5.82 Å². The third kappa shape index (κ3) is 4.74. The maximum Gasteiger partial charge on any atom is 0.255 e. The van der Waals surface area contributed by atoms with Crippen molar-refractivity contribution in [2.24, 2.45) is 14.1 Å². The minimum atomic E-state index is -1.16. The van der Waals surface area contributed by atoms with Crippen molar-refractivity contribution in [3.05, 3.63) is 65.0 Å². The lowest BCUT2D eigenvalue weighted by Crippen LogP contribution is -2.48. The van der Waals surface area contributed by atoms with Crippen LogP contribution in [-0.4, -0.2) is 71.3 Å². The molecular weight excluding hydrogens is 478 g/mol. The summed E-state index contributed by atoms with van der Waals surface area (Å²) in [5, 5.41) is 16.1. The molecule has 4 aromatic rings. The number of amides is 1. The van der Waals surface area contributed by atoms with Crippen molar-refractivity contribution in [3.63, 3.8) is 0 Å². The zero-order valence-corrected chi connectivity index (χ0v) is 21.7. The fourth-order valence-electron chi connectivity index (χ4n) is 4.63. The Balaban J connectivity index is 1.40. The number of hydrogen-bond acceptors (Lipinski definition) is 6. The van der Waals surface area contributed by atoms with Crippen molar-refractivity contribution < 1.29 is 9.90 Å². The fourth-order valence-corrected chi connectivity index (χ4v) is 4.87. The van der Waals surface area contributed by atoms with Crippen molar-refractivity contribution >= 4 is 28.4 Å². The number of aryl methyl sites for hydroxylation is 2. The van der Waals surface area contributed by atoms with E-state index in [1.807, 2.05) is 54.2 Å². The molecular formula is C26H30ClN7O2. The molecule has 36 heavy (non-hydrogen) atoms. The number of aromatic nitrogens is 5. The first-order valence-electron chi connectivity index (χ1n) is 11.9. The Bertz CT molecular complexity index is 1430. The van der Waals surface area contributed by atoms with Crippen molar-refractivity contribution in [3.8, 4) is 11.3 Å². The van der Waals surface area contributed by atoms with Crippen LogP contribution in [0.2, 0.25) is 5.02 Å². The van der Waals surface area contributed by atoms with Crippen molar-refractivity contribution in [1.29, 1.82) is 0 Å². The molecule has 0 atom stereocenters. The number of piperazine rings is 1. The highest BCUT2D eigenvalue weighted by molar-refractivity contribution is 6.34. The molecule has 1 aliphatic rings. The monoisotopic (exact) mass is 507 g/mol. The van der Waals surface area contributed by atoms with Crippen molar-refractivity contribution in [1.82, 2.24) is 34.1 Å². The normalized spacial score (nSPS) is 15.1. The van der Waals surface area contributed by atoms with Crippen molar-refractivity contribution in [2.45, 2.75) is 26.0 Å². The highest BCUT2D eigenvalue weighted by atomic mass is 35.5. The molecule has 0 spiro atoms. The molecule has 1 N–H and O–H groups in total. The van der Waals surface area contributed by atoms with Gasteiger partial charge in [0.2, 0.25) is 0 Å². The van der Waals surface area contributed by atoms with Crippen LogP contribution in [-0.2, 0) is 26.2 Å². The first kappa shape index (κ1) is 24.4. The quantitative estimate of drug-likeness (QED) is 0.446. The molecule has 1 aromatic carbocycles. The molecule has 0 aliphatic carbocycles. The summed E-state index contributed by atoms with van der Waals surface area (Å²) < 4.78 is 3.77. The zero-order chi connectivity index (χ0) is 25.6. The molecule has 0 saturated carbocycles. The lowest BCUT2D eigenvalue weighted by atomic mass is 10.0. The number of carbonyl (C=O) groups is 1. The van der Waals surface area contributed by atoms with Crippen LogP contribution in [0, 0.1) is 0 Å². The van der Waals surface area contributed by atoms with Gasteiger partial charge in [-0.3, -0.25) is 14.4 Å². The van der Waals surface area contributed by atoms with E-state index < -0.39 is 5.60 Å². The Hall–Kier alpha value is -3.27. The molecule has 10 heteroatoms. The molecule has 3 aromatic heterocycles. The van der Waals surface area contributed by atoms with Gasteiger partial charge < -0.3 is 14.6 Å². The first-order chi connectivity index (χ1) is 17.1. The molecule has 1 fully saturated rings. The Morgan fingerprint density at radius 3 is 2.56 bits per heavy atom. The smallest absolute Gasteiger partial charge is 0.255 e. The summed E-state index contributed by atoms with van der Waals surface area (Å²) in [4.78, 5) is 26.5. The van der Waals surface area contributed by atoms with Crippen molar-refractivity contribution in [2.75, 3.05) is 26.2 Å². The van der Waals surface area contributed by atoms with E-state index in [4.69, 9.17) is 11.6 Å². The Morgan fingerprint density at radius 1 is 1.14 bits per heavy atom. The molecule has 9 nitrogen and oxygen atoms in total. The fraction of sp³-hybridized carbons (Fsp3) is 0.385. The number of rotatable bonds is 5. The van der Waals surface area contributed by atoms with Gasteiger partial charge in [-0.15, -0.1) is 0 Å². The van der Waals surface area contributed by atoms with Crippen LogP contribution in [0.3, 0.4) is 0 Å². The summed E-state index contributed by atoms with van der Waals surface area (Å²) in [5.74, 6) is 0.264. The van der Waals surface area contributed by atoms with Crippen LogP contribution in [0.25, 0.3) is 22.2 Å². The molecule has 0 radical (unpaired) electrons. The number of aliphatic hydroxyl groups is 1. The molecule has 188 valence electrons. The number of nitrogens with zero attached hydrogens (tertiary/aromatic N) is 7. The maximum atomic E-state index is 13.5.